The molecule has 0 N–H and O–H groups in total. The van der Waals surface area contributed by atoms with Gasteiger partial charge in [0, 0.05) is 17.3 Å². The summed E-state index contributed by atoms with van der Waals surface area (Å²) in [6.07, 6.45) is 0. The molecule has 0 radical (unpaired) electrons. The van der Waals surface area contributed by atoms with Gasteiger partial charge in [0.05, 0.1) is 23.6 Å². The van der Waals surface area contributed by atoms with Crippen LogP contribution >= 0.6 is 11.6 Å². The number of para-hydroxylation sites is 1. The van der Waals surface area contributed by atoms with Crippen molar-refractivity contribution >= 4 is 33.2 Å². The Kier molecular flexibility index (Phi) is 3.96. The van der Waals surface area contributed by atoms with Crippen LogP contribution in [0.15, 0.2) is 54.6 Å². The maximum atomic E-state index is 13.0. The van der Waals surface area contributed by atoms with Crippen LogP contribution in [0, 0.1) is 0 Å². The second-order valence-corrected chi connectivity index (χ2v) is 9.05. The fourth-order valence-corrected chi connectivity index (χ4v) is 5.85. The van der Waals surface area contributed by atoms with Gasteiger partial charge in [0.25, 0.3) is 0 Å². The smallest absolute Gasteiger partial charge is 0.314 e. The first-order chi connectivity index (χ1) is 11.9. The number of carbonyl (C=O) groups excluding carboxylic acids is 1. The molecule has 2 aromatic carbocycles. The summed E-state index contributed by atoms with van der Waals surface area (Å²) in [6, 6.07) is 15.7. The lowest BCUT2D eigenvalue weighted by Crippen LogP contribution is -2.37. The Balaban J connectivity index is 1.71. The minimum Gasteiger partial charge on any atom is -0.314 e. The molecule has 0 spiro atoms. The highest BCUT2D eigenvalue weighted by atomic mass is 35.5. The van der Waals surface area contributed by atoms with E-state index in [-0.39, 0.29) is 29.6 Å². The Labute approximate surface area is 151 Å². The summed E-state index contributed by atoms with van der Waals surface area (Å²) in [5.74, 6) is 0.0116. The van der Waals surface area contributed by atoms with Gasteiger partial charge in [0.1, 0.15) is 0 Å². The predicted octanol–water partition coefficient (Wildman–Crippen LogP) is 2.95. The number of sulfone groups is 1. The molecule has 2 heterocycles. The summed E-state index contributed by atoms with van der Waals surface area (Å²) < 4.78 is 24.4. The van der Waals surface area contributed by atoms with Gasteiger partial charge in [-0.25, -0.2) is 13.2 Å². The summed E-state index contributed by atoms with van der Waals surface area (Å²) in [4.78, 5) is 16.3. The molecule has 2 aliphatic heterocycles. The van der Waals surface area contributed by atoms with Crippen LogP contribution in [-0.4, -0.2) is 42.9 Å². The number of benzene rings is 2. The molecule has 2 aromatic rings. The predicted molar refractivity (Wildman–Crippen MR) is 97.5 cm³/mol. The van der Waals surface area contributed by atoms with E-state index in [1.54, 1.807) is 21.9 Å². The molecule has 2 amide bonds. The zero-order valence-electron chi connectivity index (χ0n) is 13.4. The van der Waals surface area contributed by atoms with Crippen LogP contribution in [0.25, 0.3) is 0 Å². The number of urea groups is 1. The number of halogens is 1. The molecular weight excluding hydrogens is 360 g/mol. The lowest BCUT2D eigenvalue weighted by Gasteiger charge is -2.22. The number of rotatable bonds is 3. The normalized spacial score (nSPS) is 24.6. The van der Waals surface area contributed by atoms with E-state index in [1.807, 2.05) is 42.5 Å². The van der Waals surface area contributed by atoms with Gasteiger partial charge < -0.3 is 4.90 Å². The topological polar surface area (TPSA) is 57.7 Å². The van der Waals surface area contributed by atoms with Gasteiger partial charge in [0.15, 0.2) is 9.84 Å². The molecule has 25 heavy (non-hydrogen) atoms. The summed E-state index contributed by atoms with van der Waals surface area (Å²) in [7, 11) is -3.16. The molecule has 2 saturated heterocycles. The highest BCUT2D eigenvalue weighted by Gasteiger charge is 2.53. The quantitative estimate of drug-likeness (QED) is 0.774. The molecule has 0 unspecified atom stereocenters. The number of fused-ring (bicyclic) bond motifs is 1. The monoisotopic (exact) mass is 376 g/mol. The number of hydrogen-bond acceptors (Lipinski definition) is 3. The van der Waals surface area contributed by atoms with Gasteiger partial charge in [-0.15, -0.1) is 0 Å². The van der Waals surface area contributed by atoms with E-state index >= 15 is 0 Å². The zero-order chi connectivity index (χ0) is 17.6. The van der Waals surface area contributed by atoms with Crippen LogP contribution in [0.2, 0.25) is 5.02 Å². The van der Waals surface area contributed by atoms with Crippen LogP contribution in [0.5, 0.6) is 0 Å². The first kappa shape index (κ1) is 16.4. The highest BCUT2D eigenvalue weighted by molar-refractivity contribution is 7.91. The second kappa shape index (κ2) is 6.04. The van der Waals surface area contributed by atoms with Crippen molar-refractivity contribution in [2.24, 2.45) is 0 Å². The Morgan fingerprint density at radius 3 is 2.44 bits per heavy atom. The summed E-state index contributed by atoms with van der Waals surface area (Å²) in [5.41, 5.74) is 1.62. The third-order valence-electron chi connectivity index (χ3n) is 4.75. The standard InChI is InChI=1S/C18H17ClN2O3S/c19-14-6-4-5-13(9-14)10-20-16-11-25(23,24)12-17(16)21(18(20)22)15-7-2-1-3-8-15/h1-9,16-17H,10-12H2/t16-,17+/m1/s1. The third-order valence-corrected chi connectivity index (χ3v) is 6.69. The van der Waals surface area contributed by atoms with E-state index in [9.17, 15) is 13.2 Å². The summed E-state index contributed by atoms with van der Waals surface area (Å²) >= 11 is 6.04. The first-order valence-electron chi connectivity index (χ1n) is 8.04. The van der Waals surface area contributed by atoms with E-state index in [0.29, 0.717) is 11.6 Å². The Hall–Kier alpha value is -2.05. The molecule has 0 aliphatic carbocycles. The van der Waals surface area contributed by atoms with Crippen molar-refractivity contribution in [2.75, 3.05) is 16.4 Å². The van der Waals surface area contributed by atoms with Crippen molar-refractivity contribution in [3.8, 4) is 0 Å². The van der Waals surface area contributed by atoms with Gasteiger partial charge in [-0.3, -0.25) is 4.90 Å². The second-order valence-electron chi connectivity index (χ2n) is 6.46. The molecule has 2 aliphatic rings. The highest BCUT2D eigenvalue weighted by Crippen LogP contribution is 2.35. The van der Waals surface area contributed by atoms with Crippen molar-refractivity contribution in [1.29, 1.82) is 0 Å². The third kappa shape index (κ3) is 3.00. The maximum absolute atomic E-state index is 13.0. The molecular formula is C18H17ClN2O3S. The van der Waals surface area contributed by atoms with Gasteiger partial charge in [-0.05, 0) is 29.8 Å². The van der Waals surface area contributed by atoms with E-state index in [1.165, 1.54) is 0 Å². The number of amides is 2. The molecule has 2 fully saturated rings. The number of nitrogens with zero attached hydrogens (tertiary/aromatic N) is 2. The average molecular weight is 377 g/mol. The number of carbonyl (C=O) groups is 1. The van der Waals surface area contributed by atoms with Crippen LogP contribution in [0.4, 0.5) is 10.5 Å². The van der Waals surface area contributed by atoms with Gasteiger partial charge in [-0.1, -0.05) is 41.9 Å². The van der Waals surface area contributed by atoms with Crippen molar-refractivity contribution in [3.63, 3.8) is 0 Å². The fourth-order valence-electron chi connectivity index (χ4n) is 3.68. The molecule has 5 nitrogen and oxygen atoms in total. The molecule has 0 bridgehead atoms. The van der Waals surface area contributed by atoms with Crippen LogP contribution < -0.4 is 4.90 Å². The van der Waals surface area contributed by atoms with E-state index in [2.05, 4.69) is 0 Å². The molecule has 0 saturated carbocycles. The Bertz CT molecular complexity index is 917. The first-order valence-corrected chi connectivity index (χ1v) is 10.2. The Morgan fingerprint density at radius 1 is 1.00 bits per heavy atom. The molecule has 2 atom stereocenters. The van der Waals surface area contributed by atoms with Gasteiger partial charge in [0.2, 0.25) is 0 Å². The number of anilines is 1. The fraction of sp³-hybridized carbons (Fsp3) is 0.278. The van der Waals surface area contributed by atoms with Crippen LogP contribution in [0.1, 0.15) is 5.56 Å². The summed E-state index contributed by atoms with van der Waals surface area (Å²) in [6.45, 7) is 0.347. The average Bonchev–Trinajstić information content (AvgIpc) is 3.00. The molecule has 130 valence electrons. The lowest BCUT2D eigenvalue weighted by atomic mass is 10.1. The van der Waals surface area contributed by atoms with Gasteiger partial charge >= 0.3 is 6.03 Å². The zero-order valence-corrected chi connectivity index (χ0v) is 14.9. The SMILES string of the molecule is O=C1N(Cc2cccc(Cl)c2)[C@@H]2CS(=O)(=O)C[C@@H]2N1c1ccccc1. The van der Waals surface area contributed by atoms with Gasteiger partial charge in [-0.2, -0.15) is 0 Å². The minimum absolute atomic E-state index is 0.00431. The summed E-state index contributed by atoms with van der Waals surface area (Å²) in [5, 5.41) is 0.597. The van der Waals surface area contributed by atoms with Crippen molar-refractivity contribution < 1.29 is 13.2 Å². The molecule has 4 rings (SSSR count). The molecule has 0 aromatic heterocycles. The van der Waals surface area contributed by atoms with E-state index < -0.39 is 9.84 Å². The van der Waals surface area contributed by atoms with Crippen molar-refractivity contribution in [2.45, 2.75) is 18.6 Å². The van der Waals surface area contributed by atoms with Crippen molar-refractivity contribution in [3.05, 3.63) is 65.2 Å². The molecule has 7 heteroatoms. The number of hydrogen-bond donors (Lipinski definition) is 0. The minimum atomic E-state index is -3.16. The maximum Gasteiger partial charge on any atom is 0.325 e. The van der Waals surface area contributed by atoms with E-state index in [0.717, 1.165) is 11.3 Å². The van der Waals surface area contributed by atoms with E-state index in [4.69, 9.17) is 11.6 Å². The lowest BCUT2D eigenvalue weighted by molar-refractivity contribution is 0.206. The van der Waals surface area contributed by atoms with Crippen LogP contribution in [0.3, 0.4) is 0 Å². The Morgan fingerprint density at radius 2 is 1.72 bits per heavy atom. The van der Waals surface area contributed by atoms with Crippen molar-refractivity contribution in [1.82, 2.24) is 4.90 Å². The van der Waals surface area contributed by atoms with Crippen LogP contribution in [-0.2, 0) is 16.4 Å². The largest absolute Gasteiger partial charge is 0.325 e.